The highest BCUT2D eigenvalue weighted by Crippen LogP contribution is 2.53. The molecule has 1 amide bonds. The molecule has 3 aliphatic carbocycles. The highest BCUT2D eigenvalue weighted by Gasteiger charge is 2.64. The van der Waals surface area contributed by atoms with Crippen LogP contribution in [-0.4, -0.2) is 81.4 Å². The number of hydrogen-bond donors (Lipinski definition) is 5. The van der Waals surface area contributed by atoms with Gasteiger partial charge in [0.05, 0.1) is 18.7 Å². The standard InChI is InChI=1S/C36H34N2O9/c1-38(2)30-24-16-20-15-23-22(18-6-4-17(5-7-18)14-26(40)19-8-10-21(47-3)11-9-19)12-13-25(39)28(23)31(41)27(20)33(43)36(24,46)34(44)29(32(30)42)35(37)45/h4-13,20,24,30,39,41,44,46H,14-16H2,1-3H3,(H2,37,45)/t20-,24-,30?,36-/m0/s1. The van der Waals surface area contributed by atoms with Crippen molar-refractivity contribution in [3.8, 4) is 22.6 Å². The van der Waals surface area contributed by atoms with Crippen molar-refractivity contribution in [2.24, 2.45) is 17.6 Å². The number of likely N-dealkylation sites (N-methyl/N-ethyl adjacent to an activating group) is 1. The molecule has 0 aliphatic heterocycles. The molecule has 1 saturated carbocycles. The van der Waals surface area contributed by atoms with E-state index in [0.717, 1.165) is 11.1 Å². The first kappa shape index (κ1) is 31.7. The Bertz CT molecular complexity index is 1910. The van der Waals surface area contributed by atoms with Crippen molar-refractivity contribution in [2.45, 2.75) is 30.9 Å². The van der Waals surface area contributed by atoms with Gasteiger partial charge in [-0.1, -0.05) is 30.3 Å². The van der Waals surface area contributed by atoms with E-state index in [-0.39, 0.29) is 41.9 Å². The number of fused-ring (bicyclic) bond motifs is 3. The molecular weight excluding hydrogens is 604 g/mol. The van der Waals surface area contributed by atoms with E-state index in [1.165, 1.54) is 11.0 Å². The van der Waals surface area contributed by atoms with E-state index in [1.54, 1.807) is 51.5 Å². The average molecular weight is 639 g/mol. The second kappa shape index (κ2) is 11.5. The number of primary amides is 1. The molecule has 0 heterocycles. The lowest BCUT2D eigenvalue weighted by molar-refractivity contribution is -0.153. The van der Waals surface area contributed by atoms with Crippen LogP contribution in [0.25, 0.3) is 16.9 Å². The number of phenols is 1. The molecule has 0 aromatic heterocycles. The normalized spacial score (nSPS) is 23.7. The Morgan fingerprint density at radius 2 is 1.64 bits per heavy atom. The Morgan fingerprint density at radius 3 is 2.23 bits per heavy atom. The Hall–Kier alpha value is -5.26. The minimum Gasteiger partial charge on any atom is -0.508 e. The number of carbonyl (C=O) groups excluding carboxylic acids is 4. The summed E-state index contributed by atoms with van der Waals surface area (Å²) in [5.41, 5.74) is 4.94. The van der Waals surface area contributed by atoms with Crippen LogP contribution in [0.5, 0.6) is 11.5 Å². The molecule has 3 aromatic carbocycles. The highest BCUT2D eigenvalue weighted by atomic mass is 16.5. The highest BCUT2D eigenvalue weighted by molar-refractivity contribution is 6.24. The number of aliphatic hydroxyl groups excluding tert-OH is 2. The van der Waals surface area contributed by atoms with Crippen LogP contribution in [0.3, 0.4) is 0 Å². The number of rotatable bonds is 7. The summed E-state index contributed by atoms with van der Waals surface area (Å²) in [5, 5.41) is 45.2. The first-order valence-electron chi connectivity index (χ1n) is 15.1. The number of aliphatic hydroxyl groups is 3. The van der Waals surface area contributed by atoms with Crippen molar-refractivity contribution in [3.05, 3.63) is 99.8 Å². The van der Waals surface area contributed by atoms with Crippen LogP contribution in [0.4, 0.5) is 0 Å². The van der Waals surface area contributed by atoms with E-state index >= 15 is 0 Å². The predicted molar refractivity (Wildman–Crippen MR) is 171 cm³/mol. The average Bonchev–Trinajstić information content (AvgIpc) is 3.03. The zero-order valence-electron chi connectivity index (χ0n) is 26.0. The fourth-order valence-corrected chi connectivity index (χ4v) is 7.38. The van der Waals surface area contributed by atoms with Crippen molar-refractivity contribution in [3.63, 3.8) is 0 Å². The zero-order valence-corrected chi connectivity index (χ0v) is 26.0. The molecule has 6 rings (SSSR count). The molecule has 6 N–H and O–H groups in total. The van der Waals surface area contributed by atoms with Crippen LogP contribution in [0.15, 0.2) is 77.6 Å². The van der Waals surface area contributed by atoms with Crippen molar-refractivity contribution in [1.29, 1.82) is 0 Å². The summed E-state index contributed by atoms with van der Waals surface area (Å²) in [6.45, 7) is 0. The summed E-state index contributed by atoms with van der Waals surface area (Å²) in [4.78, 5) is 53.9. The lowest BCUT2D eigenvalue weighted by Crippen LogP contribution is -2.65. The third-order valence-electron chi connectivity index (χ3n) is 9.65. The summed E-state index contributed by atoms with van der Waals surface area (Å²) >= 11 is 0. The molecule has 4 atom stereocenters. The van der Waals surface area contributed by atoms with E-state index in [1.807, 2.05) is 24.3 Å². The molecule has 11 nitrogen and oxygen atoms in total. The number of hydrogen-bond acceptors (Lipinski definition) is 10. The van der Waals surface area contributed by atoms with Gasteiger partial charge < -0.3 is 30.9 Å². The molecule has 47 heavy (non-hydrogen) atoms. The van der Waals surface area contributed by atoms with Gasteiger partial charge in [-0.2, -0.15) is 0 Å². The number of methoxy groups -OCH3 is 1. The molecule has 0 radical (unpaired) electrons. The summed E-state index contributed by atoms with van der Waals surface area (Å²) in [5.74, 6) is -6.39. The number of ether oxygens (including phenoxy) is 1. The quantitative estimate of drug-likeness (QED) is 0.190. The molecule has 1 fully saturated rings. The first-order chi connectivity index (χ1) is 22.3. The lowest BCUT2D eigenvalue weighted by Gasteiger charge is -2.50. The molecule has 0 bridgehead atoms. The largest absolute Gasteiger partial charge is 0.508 e. The van der Waals surface area contributed by atoms with Crippen LogP contribution in [-0.2, 0) is 27.2 Å². The van der Waals surface area contributed by atoms with Crippen LogP contribution in [0.1, 0.15) is 33.5 Å². The van der Waals surface area contributed by atoms with Crippen molar-refractivity contribution in [1.82, 2.24) is 4.90 Å². The number of nitrogens with two attached hydrogens (primary N) is 1. The van der Waals surface area contributed by atoms with Crippen molar-refractivity contribution in [2.75, 3.05) is 21.2 Å². The second-order valence-corrected chi connectivity index (χ2v) is 12.5. The molecule has 3 aromatic rings. The number of ketones is 3. The van der Waals surface area contributed by atoms with E-state index < -0.39 is 58.0 Å². The number of Topliss-reactive ketones (excluding diaryl/α,β-unsaturated/α-hetero) is 3. The molecule has 3 aliphatic rings. The van der Waals surface area contributed by atoms with Gasteiger partial charge in [-0.05, 0) is 85.4 Å². The minimum absolute atomic E-state index is 0.00668. The summed E-state index contributed by atoms with van der Waals surface area (Å²) < 4.78 is 5.16. The van der Waals surface area contributed by atoms with Crippen LogP contribution in [0, 0.1) is 11.8 Å². The van der Waals surface area contributed by atoms with E-state index in [2.05, 4.69) is 0 Å². The SMILES string of the molecule is COc1ccc(C(=O)Cc2ccc(-c3ccc(O)c4c3C[C@H]3C[C@H]5C(N(C)C)C(=O)C(C(N)=O)=C(O)[C@@]5(O)C(=O)C3=C4O)cc2)cc1. The third kappa shape index (κ3) is 4.90. The molecule has 11 heteroatoms. The maximum absolute atomic E-state index is 14.1. The van der Waals surface area contributed by atoms with Gasteiger partial charge in [0.2, 0.25) is 5.78 Å². The van der Waals surface area contributed by atoms with Gasteiger partial charge in [-0.3, -0.25) is 24.1 Å². The third-order valence-corrected chi connectivity index (χ3v) is 9.65. The Morgan fingerprint density at radius 1 is 0.979 bits per heavy atom. The van der Waals surface area contributed by atoms with E-state index in [4.69, 9.17) is 10.5 Å². The van der Waals surface area contributed by atoms with Gasteiger partial charge in [-0.15, -0.1) is 0 Å². The van der Waals surface area contributed by atoms with Crippen LogP contribution >= 0.6 is 0 Å². The van der Waals surface area contributed by atoms with Gasteiger partial charge in [-0.25, -0.2) is 0 Å². The number of phenolic OH excluding ortho intramolecular Hbond substituents is 1. The Labute approximate surface area is 270 Å². The molecule has 0 saturated heterocycles. The molecule has 242 valence electrons. The Balaban J connectivity index is 1.38. The second-order valence-electron chi connectivity index (χ2n) is 12.5. The maximum atomic E-state index is 14.1. The van der Waals surface area contributed by atoms with Gasteiger partial charge in [0.25, 0.3) is 5.91 Å². The Kier molecular flexibility index (Phi) is 7.77. The number of nitrogens with zero attached hydrogens (tertiary/aromatic N) is 1. The molecule has 1 unspecified atom stereocenters. The first-order valence-corrected chi connectivity index (χ1v) is 15.1. The summed E-state index contributed by atoms with van der Waals surface area (Å²) in [6.07, 6.45) is 0.329. The van der Waals surface area contributed by atoms with Gasteiger partial charge >= 0.3 is 0 Å². The predicted octanol–water partition coefficient (Wildman–Crippen LogP) is 3.07. The number of amides is 1. The summed E-state index contributed by atoms with van der Waals surface area (Å²) in [7, 11) is 4.66. The number of aromatic hydroxyl groups is 1. The topological polar surface area (TPSA) is 188 Å². The van der Waals surface area contributed by atoms with E-state index in [0.29, 0.717) is 22.4 Å². The van der Waals surface area contributed by atoms with Crippen LogP contribution < -0.4 is 10.5 Å². The number of carbonyl (C=O) groups is 4. The monoisotopic (exact) mass is 638 g/mol. The minimum atomic E-state index is -2.70. The zero-order chi connectivity index (χ0) is 33.9. The van der Waals surface area contributed by atoms with Crippen molar-refractivity contribution >= 4 is 29.0 Å². The molecular formula is C36H34N2O9. The molecule has 0 spiro atoms. The van der Waals surface area contributed by atoms with Crippen LogP contribution in [0.2, 0.25) is 0 Å². The van der Waals surface area contributed by atoms with E-state index in [9.17, 15) is 39.6 Å². The lowest BCUT2D eigenvalue weighted by atomic mass is 9.57. The maximum Gasteiger partial charge on any atom is 0.255 e. The number of benzene rings is 3. The smallest absolute Gasteiger partial charge is 0.255 e. The fourth-order valence-electron chi connectivity index (χ4n) is 7.38. The summed E-state index contributed by atoms with van der Waals surface area (Å²) in [6, 6.07) is 16.1. The van der Waals surface area contributed by atoms with Gasteiger partial charge in [0.15, 0.2) is 17.2 Å². The van der Waals surface area contributed by atoms with Gasteiger partial charge in [0.1, 0.15) is 28.6 Å². The van der Waals surface area contributed by atoms with Crippen molar-refractivity contribution < 1.29 is 44.3 Å². The fraction of sp³-hybridized carbons (Fsp3) is 0.278. The van der Waals surface area contributed by atoms with Gasteiger partial charge in [0, 0.05) is 23.5 Å².